The third kappa shape index (κ3) is 2.95. The van der Waals surface area contributed by atoms with Crippen molar-refractivity contribution in [3.63, 3.8) is 0 Å². The molecule has 5 atom stereocenters. The Labute approximate surface area is 222 Å². The van der Waals surface area contributed by atoms with Crippen LogP contribution in [0.15, 0.2) is 53.5 Å². The Hall–Kier alpha value is -3.92. The van der Waals surface area contributed by atoms with Gasteiger partial charge in [-0.3, -0.25) is 19.3 Å². The largest absolute Gasteiger partial charge is 0.502 e. The molecule has 1 aliphatic carbocycles. The SMILES string of the molecule is O=C1c2c(O)c(=O)ccn2N([C@@H]2c3ccccc3N3CCOCC3c3c2ccc(F)c3F)C2C3CCC(C3)N12. The van der Waals surface area contributed by atoms with Gasteiger partial charge in [0.05, 0.1) is 19.3 Å². The van der Waals surface area contributed by atoms with Gasteiger partial charge in [-0.15, -0.1) is 0 Å². The summed E-state index contributed by atoms with van der Waals surface area (Å²) in [5.41, 5.74) is 1.81. The Balaban J connectivity index is 1.46. The highest BCUT2D eigenvalue weighted by atomic mass is 19.2. The number of carbonyl (C=O) groups excluding carboxylic acids is 1. The number of amides is 1. The van der Waals surface area contributed by atoms with Crippen LogP contribution in [0.25, 0.3) is 0 Å². The minimum atomic E-state index is -0.930. The van der Waals surface area contributed by atoms with E-state index < -0.39 is 34.9 Å². The number of halogens is 2. The molecule has 4 unspecified atom stereocenters. The topological polar surface area (TPSA) is 78.2 Å². The van der Waals surface area contributed by atoms with Crippen LogP contribution in [0.4, 0.5) is 14.5 Å². The minimum Gasteiger partial charge on any atom is -0.502 e. The van der Waals surface area contributed by atoms with Crippen LogP contribution in [0.3, 0.4) is 0 Å². The molecule has 2 saturated heterocycles. The van der Waals surface area contributed by atoms with E-state index in [0.29, 0.717) is 18.7 Å². The Morgan fingerprint density at radius 3 is 2.72 bits per heavy atom. The van der Waals surface area contributed by atoms with E-state index in [9.17, 15) is 19.1 Å². The molecule has 0 spiro atoms. The monoisotopic (exact) mass is 532 g/mol. The molecule has 39 heavy (non-hydrogen) atoms. The summed E-state index contributed by atoms with van der Waals surface area (Å²) >= 11 is 0. The number of rotatable bonds is 1. The van der Waals surface area contributed by atoms with Crippen molar-refractivity contribution in [3.05, 3.63) is 92.9 Å². The number of morpholine rings is 1. The van der Waals surface area contributed by atoms with E-state index in [1.54, 1.807) is 15.6 Å². The van der Waals surface area contributed by atoms with Crippen molar-refractivity contribution in [2.75, 3.05) is 29.7 Å². The first-order valence-electron chi connectivity index (χ1n) is 13.4. The third-order valence-electron chi connectivity index (χ3n) is 9.28. The summed E-state index contributed by atoms with van der Waals surface area (Å²) in [5, 5.41) is 12.9. The number of aromatic nitrogens is 1. The van der Waals surface area contributed by atoms with Crippen molar-refractivity contribution in [2.24, 2.45) is 5.92 Å². The average Bonchev–Trinajstić information content (AvgIpc) is 3.54. The number of para-hydroxylation sites is 1. The molecule has 10 heteroatoms. The number of hydrogen-bond donors (Lipinski definition) is 1. The number of nitrogens with zero attached hydrogens (tertiary/aromatic N) is 4. The van der Waals surface area contributed by atoms with Crippen LogP contribution >= 0.6 is 0 Å². The average molecular weight is 533 g/mol. The lowest BCUT2D eigenvalue weighted by atomic mass is 9.90. The lowest BCUT2D eigenvalue weighted by Crippen LogP contribution is -2.64. The smallest absolute Gasteiger partial charge is 0.278 e. The number of piperidine rings is 1. The highest BCUT2D eigenvalue weighted by Crippen LogP contribution is 2.52. The van der Waals surface area contributed by atoms with Gasteiger partial charge >= 0.3 is 0 Å². The fourth-order valence-electron chi connectivity index (χ4n) is 7.75. The fourth-order valence-corrected chi connectivity index (χ4v) is 7.75. The van der Waals surface area contributed by atoms with Gasteiger partial charge in [-0.2, -0.15) is 0 Å². The van der Waals surface area contributed by atoms with E-state index in [-0.39, 0.29) is 41.9 Å². The second-order valence-corrected chi connectivity index (χ2v) is 11.1. The van der Waals surface area contributed by atoms with Crippen LogP contribution in [0.1, 0.15) is 58.5 Å². The van der Waals surface area contributed by atoms with E-state index in [1.807, 2.05) is 29.3 Å². The summed E-state index contributed by atoms with van der Waals surface area (Å²) in [6.07, 6.45) is 3.73. The van der Waals surface area contributed by atoms with Gasteiger partial charge in [0.2, 0.25) is 5.43 Å². The van der Waals surface area contributed by atoms with Crippen LogP contribution in [0.2, 0.25) is 0 Å². The maximum Gasteiger partial charge on any atom is 0.278 e. The van der Waals surface area contributed by atoms with E-state index in [4.69, 9.17) is 4.74 Å². The molecule has 1 N–H and O–H groups in total. The van der Waals surface area contributed by atoms with Crippen LogP contribution in [0, 0.1) is 17.6 Å². The number of pyridine rings is 1. The molecule has 1 aromatic heterocycles. The first-order valence-corrected chi connectivity index (χ1v) is 13.4. The molecular weight excluding hydrogens is 506 g/mol. The van der Waals surface area contributed by atoms with Crippen LogP contribution in [0.5, 0.6) is 5.75 Å². The summed E-state index contributed by atoms with van der Waals surface area (Å²) in [6.45, 7) is 1.17. The standard InChI is InChI=1S/C29H26F2N4O4/c30-19-8-7-18-23(24(19)31)21-14-39-12-11-32(21)20-4-2-1-3-17(20)25(18)35-28-15-5-6-16(13-15)34(28)29(38)26-27(37)22(36)9-10-33(26)35/h1-4,7-10,15-16,21,25,28,37H,5-6,11-14H2/t15?,16?,21?,25-,28?/m1/s1. The number of carbonyl (C=O) groups is 1. The maximum absolute atomic E-state index is 15.9. The summed E-state index contributed by atoms with van der Waals surface area (Å²) in [6, 6.07) is 10.6. The Morgan fingerprint density at radius 2 is 1.85 bits per heavy atom. The number of aromatic hydroxyl groups is 1. The van der Waals surface area contributed by atoms with Crippen molar-refractivity contribution in [3.8, 4) is 5.75 Å². The molecule has 3 aromatic rings. The molecule has 2 aromatic carbocycles. The lowest BCUT2D eigenvalue weighted by molar-refractivity contribution is 0.0439. The van der Waals surface area contributed by atoms with E-state index in [2.05, 4.69) is 4.90 Å². The quantitative estimate of drug-likeness (QED) is 0.518. The molecule has 1 amide bonds. The van der Waals surface area contributed by atoms with E-state index in [0.717, 1.165) is 36.6 Å². The highest BCUT2D eigenvalue weighted by Gasteiger charge is 2.57. The van der Waals surface area contributed by atoms with E-state index in [1.165, 1.54) is 12.3 Å². The van der Waals surface area contributed by atoms with Gasteiger partial charge in [-0.25, -0.2) is 8.78 Å². The van der Waals surface area contributed by atoms with Crippen molar-refractivity contribution in [1.29, 1.82) is 0 Å². The van der Waals surface area contributed by atoms with Gasteiger partial charge in [0.15, 0.2) is 23.1 Å². The molecule has 8 rings (SSSR count). The van der Waals surface area contributed by atoms with Crippen molar-refractivity contribution < 1.29 is 23.4 Å². The zero-order valence-corrected chi connectivity index (χ0v) is 21.0. The van der Waals surface area contributed by atoms with Gasteiger partial charge in [-0.1, -0.05) is 24.3 Å². The number of anilines is 1. The molecule has 3 fully saturated rings. The van der Waals surface area contributed by atoms with E-state index >= 15 is 4.39 Å². The van der Waals surface area contributed by atoms with Crippen molar-refractivity contribution >= 4 is 11.6 Å². The second-order valence-electron chi connectivity index (χ2n) is 11.1. The molecule has 0 radical (unpaired) electrons. The van der Waals surface area contributed by atoms with Gasteiger partial charge in [0, 0.05) is 47.6 Å². The summed E-state index contributed by atoms with van der Waals surface area (Å²) < 4.78 is 38.1. The first-order chi connectivity index (χ1) is 19.0. The molecule has 8 nitrogen and oxygen atoms in total. The van der Waals surface area contributed by atoms with Crippen molar-refractivity contribution in [2.45, 2.75) is 43.6 Å². The van der Waals surface area contributed by atoms with Crippen LogP contribution in [-0.4, -0.2) is 52.6 Å². The predicted octanol–water partition coefficient (Wildman–Crippen LogP) is 3.42. The third-order valence-corrected chi connectivity index (χ3v) is 9.28. The maximum atomic E-state index is 15.9. The molecule has 5 heterocycles. The molecule has 5 aliphatic rings. The number of hydrogen-bond acceptors (Lipinski definition) is 6. The van der Waals surface area contributed by atoms with Gasteiger partial charge in [-0.05, 0) is 37.0 Å². The minimum absolute atomic E-state index is 0.0105. The molecule has 2 bridgehead atoms. The highest BCUT2D eigenvalue weighted by molar-refractivity contribution is 5.97. The number of ether oxygens (including phenoxy) is 1. The second kappa shape index (κ2) is 8.05. The summed E-state index contributed by atoms with van der Waals surface area (Å²) in [5.74, 6) is -2.67. The zero-order valence-electron chi connectivity index (χ0n) is 21.0. The molecular formula is C29H26F2N4O4. The normalized spacial score (nSPS) is 28.4. The molecule has 4 aliphatic heterocycles. The van der Waals surface area contributed by atoms with Crippen molar-refractivity contribution in [1.82, 2.24) is 9.58 Å². The first kappa shape index (κ1) is 23.0. The van der Waals surface area contributed by atoms with Gasteiger partial charge in [0.1, 0.15) is 12.2 Å². The lowest BCUT2D eigenvalue weighted by Gasteiger charge is -2.51. The van der Waals surface area contributed by atoms with Crippen LogP contribution in [-0.2, 0) is 4.74 Å². The summed E-state index contributed by atoms with van der Waals surface area (Å²) in [7, 11) is 0. The predicted molar refractivity (Wildman–Crippen MR) is 137 cm³/mol. The van der Waals surface area contributed by atoms with Gasteiger partial charge < -0.3 is 19.6 Å². The molecule has 1 saturated carbocycles. The number of benzene rings is 2. The Bertz CT molecular complexity index is 1610. The number of fused-ring (bicyclic) bond motifs is 11. The van der Waals surface area contributed by atoms with Gasteiger partial charge in [0.25, 0.3) is 5.91 Å². The Morgan fingerprint density at radius 1 is 1.00 bits per heavy atom. The zero-order chi connectivity index (χ0) is 26.6. The molecule has 200 valence electrons. The summed E-state index contributed by atoms with van der Waals surface area (Å²) in [4.78, 5) is 30.2. The van der Waals surface area contributed by atoms with Crippen LogP contribution < -0.4 is 15.3 Å². The Kier molecular flexibility index (Phi) is 4.75. The fraction of sp³-hybridized carbons (Fsp3) is 0.379.